The summed E-state index contributed by atoms with van der Waals surface area (Å²) in [6.45, 7) is 0. The van der Waals surface area contributed by atoms with E-state index in [1.807, 2.05) is 11.3 Å². The zero-order valence-electron chi connectivity index (χ0n) is 28.7. The summed E-state index contributed by atoms with van der Waals surface area (Å²) in [6, 6.07) is 46.4. The third-order valence-electron chi connectivity index (χ3n) is 10.9. The molecular formula is C48H38N2S2. The van der Waals surface area contributed by atoms with Crippen LogP contribution in [0.1, 0.15) is 17.9 Å². The lowest BCUT2D eigenvalue weighted by Gasteiger charge is -2.36. The van der Waals surface area contributed by atoms with E-state index in [4.69, 9.17) is 0 Å². The van der Waals surface area contributed by atoms with Gasteiger partial charge in [0.25, 0.3) is 0 Å². The summed E-state index contributed by atoms with van der Waals surface area (Å²) in [5, 5.41) is 3.57. The Morgan fingerprint density at radius 3 is 2.04 bits per heavy atom. The highest BCUT2D eigenvalue weighted by Crippen LogP contribution is 2.52. The maximum absolute atomic E-state index is 2.51. The number of thiophene rings is 1. The van der Waals surface area contributed by atoms with Crippen LogP contribution < -0.4 is 9.80 Å². The molecule has 2 heterocycles. The van der Waals surface area contributed by atoms with Gasteiger partial charge in [0.2, 0.25) is 0 Å². The van der Waals surface area contributed by atoms with Gasteiger partial charge in [0, 0.05) is 66.9 Å². The van der Waals surface area contributed by atoms with E-state index in [1.54, 1.807) is 0 Å². The van der Waals surface area contributed by atoms with E-state index >= 15 is 0 Å². The fourth-order valence-electron chi connectivity index (χ4n) is 8.45. The zero-order valence-corrected chi connectivity index (χ0v) is 30.3. The van der Waals surface area contributed by atoms with Crippen LogP contribution in [0.2, 0.25) is 0 Å². The molecule has 5 unspecified atom stereocenters. The van der Waals surface area contributed by atoms with Crippen LogP contribution in [0.15, 0.2) is 200 Å². The number of thioether (sulfide) groups is 1. The van der Waals surface area contributed by atoms with Crippen molar-refractivity contribution in [3.63, 3.8) is 0 Å². The minimum Gasteiger partial charge on any atom is -0.313 e. The molecule has 0 saturated carbocycles. The third kappa shape index (κ3) is 5.49. The Balaban J connectivity index is 0.953. The molecular weight excluding hydrogens is 669 g/mol. The minimum atomic E-state index is 0.318. The van der Waals surface area contributed by atoms with Crippen molar-refractivity contribution in [2.45, 2.75) is 22.8 Å². The summed E-state index contributed by atoms with van der Waals surface area (Å²) >= 11 is 4.00. The second-order valence-electron chi connectivity index (χ2n) is 13.9. The van der Waals surface area contributed by atoms with Crippen LogP contribution in [-0.4, -0.2) is 10.5 Å². The van der Waals surface area contributed by atoms with Gasteiger partial charge in [-0.25, -0.2) is 0 Å². The molecule has 252 valence electrons. The molecule has 0 radical (unpaired) electrons. The average molecular weight is 707 g/mol. The van der Waals surface area contributed by atoms with Crippen molar-refractivity contribution >= 4 is 66.0 Å². The van der Waals surface area contributed by atoms with E-state index < -0.39 is 0 Å². The van der Waals surface area contributed by atoms with Gasteiger partial charge in [-0.05, 0) is 72.7 Å². The van der Waals surface area contributed by atoms with Crippen LogP contribution in [0.25, 0.3) is 20.2 Å². The molecule has 0 spiro atoms. The van der Waals surface area contributed by atoms with Gasteiger partial charge in [0.05, 0.1) is 15.6 Å². The second kappa shape index (κ2) is 13.4. The number of hydrogen-bond donors (Lipinski definition) is 0. The standard InChI is InChI=1S/C48H38N2S2/c1-3-13-35(14-4-1)49(43-21-11-19-41-39-17-7-9-23-45(39)51-47(41)43)37-29-25-33(26-30-37)34-27-31-38(32-28-34)50(36-15-5-2-6-16-36)44-22-12-20-42-40-18-8-10-24-46(40)52-48(42)44/h1-27,29-32,34,40,42,46,48H,28H2. The largest absolute Gasteiger partial charge is 0.313 e. The van der Waals surface area contributed by atoms with E-state index in [0.717, 1.165) is 17.8 Å². The Morgan fingerprint density at radius 1 is 0.558 bits per heavy atom. The van der Waals surface area contributed by atoms with Gasteiger partial charge in [-0.2, -0.15) is 0 Å². The summed E-state index contributed by atoms with van der Waals surface area (Å²) in [6.07, 6.45) is 24.5. The molecule has 1 saturated heterocycles. The quantitative estimate of drug-likeness (QED) is 0.163. The molecule has 4 heteroatoms. The van der Waals surface area contributed by atoms with Crippen molar-refractivity contribution in [3.8, 4) is 0 Å². The maximum Gasteiger partial charge on any atom is 0.0640 e. The van der Waals surface area contributed by atoms with Crippen molar-refractivity contribution in [3.05, 3.63) is 205 Å². The van der Waals surface area contributed by atoms with Crippen LogP contribution in [0.5, 0.6) is 0 Å². The van der Waals surface area contributed by atoms with Crippen LogP contribution in [0.4, 0.5) is 22.7 Å². The van der Waals surface area contributed by atoms with Crippen molar-refractivity contribution < 1.29 is 0 Å². The third-order valence-corrected chi connectivity index (χ3v) is 13.8. The Morgan fingerprint density at radius 2 is 1.25 bits per heavy atom. The average Bonchev–Trinajstić information content (AvgIpc) is 3.79. The summed E-state index contributed by atoms with van der Waals surface area (Å²) in [5.74, 6) is 1.37. The number of hydrogen-bond acceptors (Lipinski definition) is 4. The van der Waals surface area contributed by atoms with E-state index in [9.17, 15) is 0 Å². The van der Waals surface area contributed by atoms with E-state index in [2.05, 4.69) is 210 Å². The van der Waals surface area contributed by atoms with Gasteiger partial charge >= 0.3 is 0 Å². The first-order valence-electron chi connectivity index (χ1n) is 18.3. The molecule has 3 aliphatic carbocycles. The molecule has 5 atom stereocenters. The molecule has 52 heavy (non-hydrogen) atoms. The fraction of sp³-hybridized carbons (Fsp3) is 0.125. The van der Waals surface area contributed by atoms with Gasteiger partial charge in [-0.3, -0.25) is 0 Å². The van der Waals surface area contributed by atoms with E-state index in [-0.39, 0.29) is 0 Å². The molecule has 1 aliphatic heterocycles. The highest BCUT2D eigenvalue weighted by molar-refractivity contribution is 8.01. The first kappa shape index (κ1) is 31.4. The number of anilines is 4. The van der Waals surface area contributed by atoms with Crippen LogP contribution in [-0.2, 0) is 0 Å². The number of benzene rings is 5. The van der Waals surface area contributed by atoms with Crippen molar-refractivity contribution in [2.75, 3.05) is 9.80 Å². The number of para-hydroxylation sites is 2. The number of allylic oxidation sites excluding steroid dienone is 9. The molecule has 2 nitrogen and oxygen atoms in total. The SMILES string of the molecule is C1=CC2SC3C(N(C4=CCC(c5ccc(N(c6ccccc6)c6cccc7c6sc6ccccc67)cc5)C=C4)c4ccccc4)=CC=CC3C2C=C1. The van der Waals surface area contributed by atoms with Gasteiger partial charge < -0.3 is 9.80 Å². The number of rotatable bonds is 7. The van der Waals surface area contributed by atoms with Crippen molar-refractivity contribution in [1.82, 2.24) is 0 Å². The molecule has 0 N–H and O–H groups in total. The Hall–Kier alpha value is -5.29. The Bertz CT molecular complexity index is 2450. The lowest BCUT2D eigenvalue weighted by molar-refractivity contribution is 0.515. The Kier molecular flexibility index (Phi) is 8.08. The highest BCUT2D eigenvalue weighted by Gasteiger charge is 2.45. The second-order valence-corrected chi connectivity index (χ2v) is 16.3. The van der Waals surface area contributed by atoms with E-state index in [0.29, 0.717) is 28.3 Å². The number of nitrogens with zero attached hydrogens (tertiary/aromatic N) is 2. The molecule has 1 aromatic heterocycles. The molecule has 5 aromatic carbocycles. The topological polar surface area (TPSA) is 6.48 Å². The van der Waals surface area contributed by atoms with Gasteiger partial charge in [0.15, 0.2) is 0 Å². The minimum absolute atomic E-state index is 0.318. The van der Waals surface area contributed by atoms with E-state index in [1.165, 1.54) is 48.5 Å². The first-order chi connectivity index (χ1) is 25.8. The molecule has 10 rings (SSSR count). The number of fused-ring (bicyclic) bond motifs is 6. The smallest absolute Gasteiger partial charge is 0.0640 e. The molecule has 0 bridgehead atoms. The van der Waals surface area contributed by atoms with Crippen molar-refractivity contribution in [2.24, 2.45) is 11.8 Å². The molecule has 6 aromatic rings. The van der Waals surface area contributed by atoms with Gasteiger partial charge in [-0.1, -0.05) is 127 Å². The molecule has 4 aliphatic rings. The van der Waals surface area contributed by atoms with Gasteiger partial charge in [-0.15, -0.1) is 23.1 Å². The van der Waals surface area contributed by atoms with Crippen LogP contribution in [0, 0.1) is 11.8 Å². The molecule has 0 amide bonds. The fourth-order valence-corrected chi connectivity index (χ4v) is 11.4. The van der Waals surface area contributed by atoms with Gasteiger partial charge in [0.1, 0.15) is 0 Å². The predicted octanol–water partition coefficient (Wildman–Crippen LogP) is 13.3. The lowest BCUT2D eigenvalue weighted by atomic mass is 9.81. The first-order valence-corrected chi connectivity index (χ1v) is 20.0. The molecule has 1 fully saturated rings. The zero-order chi connectivity index (χ0) is 34.4. The van der Waals surface area contributed by atoms with Crippen molar-refractivity contribution in [1.29, 1.82) is 0 Å². The normalized spacial score (nSPS) is 23.0. The summed E-state index contributed by atoms with van der Waals surface area (Å²) in [7, 11) is 0. The Labute approximate surface area is 314 Å². The summed E-state index contributed by atoms with van der Waals surface area (Å²) < 4.78 is 2.63. The lowest BCUT2D eigenvalue weighted by Crippen LogP contribution is -2.32. The van der Waals surface area contributed by atoms with Crippen LogP contribution in [0.3, 0.4) is 0 Å². The monoisotopic (exact) mass is 706 g/mol. The van der Waals surface area contributed by atoms with Crippen LogP contribution >= 0.6 is 23.1 Å². The maximum atomic E-state index is 2.51. The predicted molar refractivity (Wildman–Crippen MR) is 225 cm³/mol. The summed E-state index contributed by atoms with van der Waals surface area (Å²) in [4.78, 5) is 4.93. The summed E-state index contributed by atoms with van der Waals surface area (Å²) in [5.41, 5.74) is 8.73. The highest BCUT2D eigenvalue weighted by atomic mass is 32.2.